The molecule has 0 saturated heterocycles. The van der Waals surface area contributed by atoms with Gasteiger partial charge in [-0.25, -0.2) is 0 Å². The Morgan fingerprint density at radius 2 is 1.84 bits per heavy atom. The third kappa shape index (κ3) is 4.59. The van der Waals surface area contributed by atoms with Gasteiger partial charge in [0.05, 0.1) is 12.2 Å². The average Bonchev–Trinajstić information content (AvgIpc) is 2.46. The molecular weight excluding hydrogens is 302 g/mol. The van der Waals surface area contributed by atoms with Gasteiger partial charge in [0.15, 0.2) is 0 Å². The minimum Gasteiger partial charge on any atom is -0.369 e. The zero-order chi connectivity index (χ0) is 13.6. The zero-order valence-corrected chi connectivity index (χ0v) is 13.3. The first kappa shape index (κ1) is 15.0. The minimum absolute atomic E-state index is 0.0569. The Bertz CT molecular complexity index is 371. The molecule has 1 N–H and O–H groups in total. The Hall–Kier alpha value is -0.380. The predicted octanol–water partition coefficient (Wildman–Crippen LogP) is 4.28. The van der Waals surface area contributed by atoms with Crippen LogP contribution in [0.15, 0.2) is 28.7 Å². The van der Waals surface area contributed by atoms with Crippen LogP contribution in [0.5, 0.6) is 0 Å². The summed E-state index contributed by atoms with van der Waals surface area (Å²) in [5.74, 6) is 0. The highest BCUT2D eigenvalue weighted by Gasteiger charge is 2.32. The summed E-state index contributed by atoms with van der Waals surface area (Å²) in [7, 11) is 0. The molecule has 0 spiro atoms. The van der Waals surface area contributed by atoms with Crippen LogP contribution in [-0.2, 0) is 11.3 Å². The molecule has 1 aliphatic carbocycles. The Kier molecular flexibility index (Phi) is 5.86. The average molecular weight is 326 g/mol. The molecule has 1 aromatic carbocycles. The molecule has 106 valence electrons. The molecule has 0 amide bonds. The van der Waals surface area contributed by atoms with Crippen LogP contribution >= 0.6 is 15.9 Å². The quantitative estimate of drug-likeness (QED) is 0.842. The summed E-state index contributed by atoms with van der Waals surface area (Å²) in [5, 5.41) is 3.47. The summed E-state index contributed by atoms with van der Waals surface area (Å²) in [6.07, 6.45) is 6.33. The fraction of sp³-hybridized carbons (Fsp3) is 0.625. The molecule has 0 heterocycles. The van der Waals surface area contributed by atoms with Crippen molar-refractivity contribution in [3.8, 4) is 0 Å². The van der Waals surface area contributed by atoms with Crippen LogP contribution in [0.25, 0.3) is 0 Å². The van der Waals surface area contributed by atoms with Gasteiger partial charge in [0.2, 0.25) is 0 Å². The van der Waals surface area contributed by atoms with Crippen molar-refractivity contribution < 1.29 is 4.74 Å². The molecular formula is C16H24BrNO. The third-order valence-electron chi connectivity index (χ3n) is 3.92. The Balaban J connectivity index is 1.93. The molecule has 3 heteroatoms. The fourth-order valence-corrected chi connectivity index (χ4v) is 3.00. The van der Waals surface area contributed by atoms with Crippen molar-refractivity contribution in [2.24, 2.45) is 0 Å². The highest BCUT2D eigenvalue weighted by Crippen LogP contribution is 2.32. The largest absolute Gasteiger partial charge is 0.369 e. The molecule has 1 fully saturated rings. The van der Waals surface area contributed by atoms with Crippen LogP contribution < -0.4 is 5.32 Å². The number of ether oxygens (including phenoxy) is 1. The molecule has 0 bridgehead atoms. The van der Waals surface area contributed by atoms with Crippen molar-refractivity contribution in [2.75, 3.05) is 13.1 Å². The van der Waals surface area contributed by atoms with E-state index < -0.39 is 0 Å². The maximum absolute atomic E-state index is 6.32. The smallest absolute Gasteiger partial charge is 0.0810 e. The first-order valence-corrected chi connectivity index (χ1v) is 8.12. The van der Waals surface area contributed by atoms with Crippen LogP contribution in [0.4, 0.5) is 0 Å². The molecule has 0 radical (unpaired) electrons. The van der Waals surface area contributed by atoms with Crippen molar-refractivity contribution in [3.63, 3.8) is 0 Å². The van der Waals surface area contributed by atoms with Crippen LogP contribution in [0.1, 0.15) is 44.6 Å². The van der Waals surface area contributed by atoms with Gasteiger partial charge in [0, 0.05) is 11.0 Å². The van der Waals surface area contributed by atoms with Gasteiger partial charge in [-0.05, 0) is 37.1 Å². The van der Waals surface area contributed by atoms with E-state index in [1.807, 2.05) is 0 Å². The number of likely N-dealkylation sites (N-methyl/N-ethyl adjacent to an activating group) is 1. The van der Waals surface area contributed by atoms with Crippen LogP contribution in [0.3, 0.4) is 0 Å². The Labute approximate surface area is 125 Å². The van der Waals surface area contributed by atoms with Crippen molar-refractivity contribution in [3.05, 3.63) is 34.3 Å². The van der Waals surface area contributed by atoms with Gasteiger partial charge in [-0.3, -0.25) is 0 Å². The third-order valence-corrected chi connectivity index (χ3v) is 4.45. The molecule has 2 nitrogen and oxygen atoms in total. The normalized spacial score (nSPS) is 18.4. The molecule has 1 saturated carbocycles. The van der Waals surface area contributed by atoms with Crippen LogP contribution in [0, 0.1) is 0 Å². The Morgan fingerprint density at radius 1 is 1.16 bits per heavy atom. The second-order valence-electron chi connectivity index (χ2n) is 5.44. The Morgan fingerprint density at radius 3 is 2.47 bits per heavy atom. The van der Waals surface area contributed by atoms with Crippen LogP contribution in [-0.4, -0.2) is 18.7 Å². The van der Waals surface area contributed by atoms with E-state index in [9.17, 15) is 0 Å². The number of hydrogen-bond donors (Lipinski definition) is 1. The second-order valence-corrected chi connectivity index (χ2v) is 6.35. The van der Waals surface area contributed by atoms with Gasteiger partial charge in [-0.15, -0.1) is 0 Å². The lowest BCUT2D eigenvalue weighted by atomic mass is 9.84. The molecule has 1 aliphatic rings. The summed E-state index contributed by atoms with van der Waals surface area (Å²) in [4.78, 5) is 0. The van der Waals surface area contributed by atoms with Gasteiger partial charge in [-0.2, -0.15) is 0 Å². The molecule has 0 unspecified atom stereocenters. The molecule has 0 aliphatic heterocycles. The first-order valence-electron chi connectivity index (χ1n) is 7.33. The van der Waals surface area contributed by atoms with Crippen LogP contribution in [0.2, 0.25) is 0 Å². The lowest BCUT2D eigenvalue weighted by molar-refractivity contribution is -0.0782. The highest BCUT2D eigenvalue weighted by molar-refractivity contribution is 9.10. The molecule has 1 aromatic rings. The summed E-state index contributed by atoms with van der Waals surface area (Å²) in [6.45, 7) is 4.88. The number of hydrogen-bond acceptors (Lipinski definition) is 2. The van der Waals surface area contributed by atoms with E-state index in [2.05, 4.69) is 52.4 Å². The van der Waals surface area contributed by atoms with E-state index in [0.717, 1.165) is 24.2 Å². The lowest BCUT2D eigenvalue weighted by Crippen LogP contribution is -2.44. The molecule has 19 heavy (non-hydrogen) atoms. The van der Waals surface area contributed by atoms with Crippen molar-refractivity contribution in [1.29, 1.82) is 0 Å². The number of nitrogens with one attached hydrogen (secondary N) is 1. The monoisotopic (exact) mass is 325 g/mol. The predicted molar refractivity (Wildman–Crippen MR) is 83.3 cm³/mol. The summed E-state index contributed by atoms with van der Waals surface area (Å²) < 4.78 is 7.44. The van der Waals surface area contributed by atoms with E-state index in [1.165, 1.54) is 37.7 Å². The van der Waals surface area contributed by atoms with E-state index in [1.54, 1.807) is 0 Å². The standard InChI is InChI=1S/C16H24BrNO/c1-2-18-13-16(10-4-3-5-11-16)19-12-14-6-8-15(17)9-7-14/h6-9,18H,2-5,10-13H2,1H3. The summed E-state index contributed by atoms with van der Waals surface area (Å²) >= 11 is 3.47. The van der Waals surface area contributed by atoms with Crippen molar-refractivity contribution in [2.45, 2.75) is 51.2 Å². The maximum atomic E-state index is 6.32. The maximum Gasteiger partial charge on any atom is 0.0810 e. The van der Waals surface area contributed by atoms with Crippen molar-refractivity contribution >= 4 is 15.9 Å². The first-order chi connectivity index (χ1) is 9.24. The highest BCUT2D eigenvalue weighted by atomic mass is 79.9. The molecule has 0 atom stereocenters. The summed E-state index contributed by atoms with van der Waals surface area (Å²) in [5.41, 5.74) is 1.31. The second kappa shape index (κ2) is 7.41. The number of benzene rings is 1. The van der Waals surface area contributed by atoms with Gasteiger partial charge >= 0.3 is 0 Å². The number of halogens is 1. The van der Waals surface area contributed by atoms with E-state index in [4.69, 9.17) is 4.74 Å². The van der Waals surface area contributed by atoms with E-state index in [-0.39, 0.29) is 5.60 Å². The fourth-order valence-electron chi connectivity index (χ4n) is 2.74. The van der Waals surface area contributed by atoms with Crippen molar-refractivity contribution in [1.82, 2.24) is 5.32 Å². The molecule has 2 rings (SSSR count). The lowest BCUT2D eigenvalue weighted by Gasteiger charge is -2.37. The number of rotatable bonds is 6. The minimum atomic E-state index is 0.0569. The van der Waals surface area contributed by atoms with E-state index in [0.29, 0.717) is 0 Å². The molecule has 0 aromatic heterocycles. The van der Waals surface area contributed by atoms with Gasteiger partial charge in [0.25, 0.3) is 0 Å². The van der Waals surface area contributed by atoms with Gasteiger partial charge in [0.1, 0.15) is 0 Å². The summed E-state index contributed by atoms with van der Waals surface area (Å²) in [6, 6.07) is 8.43. The zero-order valence-electron chi connectivity index (χ0n) is 11.8. The van der Waals surface area contributed by atoms with Gasteiger partial charge < -0.3 is 10.1 Å². The topological polar surface area (TPSA) is 21.3 Å². The SMILES string of the molecule is CCNCC1(OCc2ccc(Br)cc2)CCCCC1. The van der Waals surface area contributed by atoms with E-state index >= 15 is 0 Å². The van der Waals surface area contributed by atoms with Gasteiger partial charge in [-0.1, -0.05) is 54.2 Å².